The fourth-order valence-electron chi connectivity index (χ4n) is 2.46. The molecule has 0 radical (unpaired) electrons. The number of nitrogens with zero attached hydrogens (tertiary/aromatic N) is 1. The first-order valence-electron chi connectivity index (χ1n) is 6.94. The quantitative estimate of drug-likeness (QED) is 0.863. The normalized spacial score (nSPS) is 21.6. The fourth-order valence-corrected chi connectivity index (χ4v) is 2.46. The monoisotopic (exact) mass is 291 g/mol. The highest BCUT2D eigenvalue weighted by Gasteiger charge is 2.43. The van der Waals surface area contributed by atoms with Crippen LogP contribution in [0.4, 0.5) is 10.5 Å². The summed E-state index contributed by atoms with van der Waals surface area (Å²) >= 11 is 0. The third-order valence-corrected chi connectivity index (χ3v) is 3.50. The molecule has 0 aliphatic carbocycles. The predicted octanol–water partition coefficient (Wildman–Crippen LogP) is 3.08. The second-order valence-electron chi connectivity index (χ2n) is 6.74. The topological polar surface area (TPSA) is 66.8 Å². The molecule has 1 aromatic carbocycles. The molecule has 0 aromatic heterocycles. The van der Waals surface area contributed by atoms with Gasteiger partial charge in [0.1, 0.15) is 5.60 Å². The predicted molar refractivity (Wildman–Crippen MR) is 79.5 cm³/mol. The van der Waals surface area contributed by atoms with E-state index in [0.717, 1.165) is 11.3 Å². The highest BCUT2D eigenvalue weighted by Crippen LogP contribution is 2.37. The number of aliphatic carboxylic acids is 1. The molecule has 0 fully saturated rings. The molecule has 1 aliphatic rings. The molecule has 0 saturated heterocycles. The van der Waals surface area contributed by atoms with E-state index >= 15 is 0 Å². The van der Waals surface area contributed by atoms with Crippen LogP contribution in [0.5, 0.6) is 0 Å². The van der Waals surface area contributed by atoms with E-state index in [2.05, 4.69) is 0 Å². The van der Waals surface area contributed by atoms with Crippen molar-refractivity contribution in [3.63, 3.8) is 0 Å². The average Bonchev–Trinajstić information content (AvgIpc) is 2.35. The third-order valence-electron chi connectivity index (χ3n) is 3.50. The molecular formula is C16H21NO4. The van der Waals surface area contributed by atoms with Gasteiger partial charge in [-0.3, -0.25) is 9.69 Å². The highest BCUT2D eigenvalue weighted by atomic mass is 16.6. The van der Waals surface area contributed by atoms with Gasteiger partial charge in [0.05, 0.1) is 11.1 Å². The van der Waals surface area contributed by atoms with Gasteiger partial charge in [0.15, 0.2) is 0 Å². The first kappa shape index (κ1) is 15.4. The van der Waals surface area contributed by atoms with Crippen molar-refractivity contribution >= 4 is 17.7 Å². The minimum Gasteiger partial charge on any atom is -0.481 e. The van der Waals surface area contributed by atoms with E-state index in [1.165, 1.54) is 4.90 Å². The number of carboxylic acid groups (broad SMARTS) is 1. The molecule has 114 valence electrons. The van der Waals surface area contributed by atoms with Crippen molar-refractivity contribution in [3.05, 3.63) is 29.8 Å². The van der Waals surface area contributed by atoms with Gasteiger partial charge >= 0.3 is 12.1 Å². The van der Waals surface area contributed by atoms with Crippen molar-refractivity contribution < 1.29 is 19.4 Å². The molecule has 1 atom stereocenters. The number of carbonyl (C=O) groups is 2. The zero-order valence-electron chi connectivity index (χ0n) is 12.8. The molecule has 21 heavy (non-hydrogen) atoms. The minimum absolute atomic E-state index is 0.105. The van der Waals surface area contributed by atoms with Crippen molar-refractivity contribution in [3.8, 4) is 0 Å². The van der Waals surface area contributed by atoms with Gasteiger partial charge in [-0.05, 0) is 45.7 Å². The molecule has 0 saturated carbocycles. The van der Waals surface area contributed by atoms with Crippen LogP contribution in [0.15, 0.2) is 24.3 Å². The second-order valence-corrected chi connectivity index (χ2v) is 6.74. The summed E-state index contributed by atoms with van der Waals surface area (Å²) in [6.45, 7) is 7.13. The number of benzene rings is 1. The van der Waals surface area contributed by atoms with E-state index < -0.39 is 23.1 Å². The second kappa shape index (κ2) is 5.06. The lowest BCUT2D eigenvalue weighted by Crippen LogP contribution is -2.50. The zero-order valence-corrected chi connectivity index (χ0v) is 12.8. The van der Waals surface area contributed by atoms with Gasteiger partial charge in [0.25, 0.3) is 0 Å². The Morgan fingerprint density at radius 3 is 2.48 bits per heavy atom. The van der Waals surface area contributed by atoms with Crippen LogP contribution in [0, 0.1) is 5.41 Å². The molecule has 1 aromatic rings. The van der Waals surface area contributed by atoms with Crippen molar-refractivity contribution in [1.29, 1.82) is 0 Å². The number of hydrogen-bond donors (Lipinski definition) is 1. The summed E-state index contributed by atoms with van der Waals surface area (Å²) in [5.74, 6) is -0.912. The van der Waals surface area contributed by atoms with Crippen LogP contribution < -0.4 is 4.90 Å². The Kier molecular flexibility index (Phi) is 3.70. The van der Waals surface area contributed by atoms with E-state index in [1.807, 2.05) is 24.3 Å². The number of ether oxygens (including phenoxy) is 1. The molecule has 0 spiro atoms. The number of para-hydroxylation sites is 1. The number of amides is 1. The van der Waals surface area contributed by atoms with Gasteiger partial charge in [0, 0.05) is 6.54 Å². The first-order valence-corrected chi connectivity index (χ1v) is 6.94. The van der Waals surface area contributed by atoms with Crippen LogP contribution in [-0.4, -0.2) is 29.3 Å². The zero-order chi connectivity index (χ0) is 15.8. The van der Waals surface area contributed by atoms with Gasteiger partial charge in [-0.1, -0.05) is 18.2 Å². The minimum atomic E-state index is -1.01. The Morgan fingerprint density at radius 1 is 1.29 bits per heavy atom. The SMILES string of the molecule is CC(C)(C)OC(=O)N1CC(C)(C(=O)O)Cc2ccccc21. The number of fused-ring (bicyclic) bond motifs is 1. The summed E-state index contributed by atoms with van der Waals surface area (Å²) in [6.07, 6.45) is -0.111. The number of carbonyl (C=O) groups excluding carboxylic acids is 1. The largest absolute Gasteiger partial charge is 0.481 e. The first-order chi connectivity index (χ1) is 9.62. The molecule has 0 bridgehead atoms. The summed E-state index contributed by atoms with van der Waals surface area (Å²) in [7, 11) is 0. The highest BCUT2D eigenvalue weighted by molar-refractivity contribution is 5.92. The molecule has 5 nitrogen and oxygen atoms in total. The maximum atomic E-state index is 12.4. The Labute approximate surface area is 124 Å². The molecule has 1 aliphatic heterocycles. The summed E-state index contributed by atoms with van der Waals surface area (Å²) in [5, 5.41) is 9.48. The van der Waals surface area contributed by atoms with Crippen LogP contribution in [0.1, 0.15) is 33.3 Å². The fraction of sp³-hybridized carbons (Fsp3) is 0.500. The van der Waals surface area contributed by atoms with Crippen LogP contribution in [0.2, 0.25) is 0 Å². The number of hydrogen-bond acceptors (Lipinski definition) is 3. The van der Waals surface area contributed by atoms with Crippen LogP contribution in [0.25, 0.3) is 0 Å². The maximum absolute atomic E-state index is 12.4. The average molecular weight is 291 g/mol. The third kappa shape index (κ3) is 3.17. The summed E-state index contributed by atoms with van der Waals surface area (Å²) in [4.78, 5) is 25.4. The molecule has 1 amide bonds. The van der Waals surface area contributed by atoms with Crippen LogP contribution in [0.3, 0.4) is 0 Å². The summed E-state index contributed by atoms with van der Waals surface area (Å²) < 4.78 is 5.40. The smallest absolute Gasteiger partial charge is 0.414 e. The number of carboxylic acids is 1. The lowest BCUT2D eigenvalue weighted by Gasteiger charge is -2.39. The van der Waals surface area contributed by atoms with Crippen molar-refractivity contribution in [1.82, 2.24) is 0 Å². The molecule has 1 unspecified atom stereocenters. The van der Waals surface area contributed by atoms with Gasteiger partial charge in [-0.25, -0.2) is 4.79 Å². The number of anilines is 1. The molecular weight excluding hydrogens is 270 g/mol. The van der Waals surface area contributed by atoms with Gasteiger partial charge in [0.2, 0.25) is 0 Å². The van der Waals surface area contributed by atoms with E-state index in [4.69, 9.17) is 4.74 Å². The Balaban J connectivity index is 2.40. The standard InChI is InChI=1S/C16H21NO4/c1-15(2,3)21-14(20)17-10-16(4,13(18)19)9-11-7-5-6-8-12(11)17/h5-8H,9-10H2,1-4H3,(H,18,19). The number of rotatable bonds is 1. The molecule has 2 rings (SSSR count). The van der Waals surface area contributed by atoms with Gasteiger partial charge in [-0.2, -0.15) is 0 Å². The summed E-state index contributed by atoms with van der Waals surface area (Å²) in [6, 6.07) is 7.35. The van der Waals surface area contributed by atoms with Crippen LogP contribution >= 0.6 is 0 Å². The Morgan fingerprint density at radius 2 is 1.90 bits per heavy atom. The Bertz CT molecular complexity index is 576. The van der Waals surface area contributed by atoms with E-state index in [9.17, 15) is 14.7 Å². The van der Waals surface area contributed by atoms with Gasteiger partial charge < -0.3 is 9.84 Å². The van der Waals surface area contributed by atoms with E-state index in [-0.39, 0.29) is 6.54 Å². The van der Waals surface area contributed by atoms with E-state index in [1.54, 1.807) is 27.7 Å². The molecule has 1 N–H and O–H groups in total. The lowest BCUT2D eigenvalue weighted by molar-refractivity contribution is -0.147. The van der Waals surface area contributed by atoms with Crippen molar-refractivity contribution in [2.24, 2.45) is 5.41 Å². The maximum Gasteiger partial charge on any atom is 0.414 e. The summed E-state index contributed by atoms with van der Waals surface area (Å²) in [5.41, 5.74) is -0.0565. The van der Waals surface area contributed by atoms with Crippen molar-refractivity contribution in [2.75, 3.05) is 11.4 Å². The van der Waals surface area contributed by atoms with Gasteiger partial charge in [-0.15, -0.1) is 0 Å². The molecule has 5 heteroatoms. The lowest BCUT2D eigenvalue weighted by atomic mass is 9.79. The molecule has 1 heterocycles. The van der Waals surface area contributed by atoms with E-state index in [0.29, 0.717) is 6.42 Å². The Hall–Kier alpha value is -2.04. The van der Waals surface area contributed by atoms with Crippen LogP contribution in [-0.2, 0) is 16.0 Å². The van der Waals surface area contributed by atoms with Crippen molar-refractivity contribution in [2.45, 2.75) is 39.7 Å².